The second-order valence-corrected chi connectivity index (χ2v) is 12.9. The zero-order valence-electron chi connectivity index (χ0n) is 26.8. The molecule has 0 spiro atoms. The molecule has 2 saturated heterocycles. The highest BCUT2D eigenvalue weighted by atomic mass is 35.5. The second kappa shape index (κ2) is 14.7. The van der Waals surface area contributed by atoms with Crippen molar-refractivity contribution in [2.45, 2.75) is 31.4 Å². The maximum Gasteiger partial charge on any atom is 0.350 e. The van der Waals surface area contributed by atoms with E-state index in [0.29, 0.717) is 48.3 Å². The molecule has 2 fully saturated rings. The quantitative estimate of drug-likeness (QED) is 0.199. The molecule has 2 aliphatic heterocycles. The van der Waals surface area contributed by atoms with Gasteiger partial charge in [-0.15, -0.1) is 0 Å². The molecule has 2 aromatic heterocycles. The Kier molecular flexibility index (Phi) is 9.92. The summed E-state index contributed by atoms with van der Waals surface area (Å²) in [4.78, 5) is 21.5. The second-order valence-electron chi connectivity index (χ2n) is 12.0. The number of hydrogen-bond acceptors (Lipinski definition) is 9. The maximum atomic E-state index is 12.6. The first-order chi connectivity index (χ1) is 23.9. The smallest absolute Gasteiger partial charge is 0.350 e. The van der Waals surface area contributed by atoms with E-state index >= 15 is 0 Å². The fourth-order valence-electron chi connectivity index (χ4n) is 6.25. The van der Waals surface area contributed by atoms with Crippen molar-refractivity contribution in [1.29, 1.82) is 0 Å². The molecule has 0 unspecified atom stereocenters. The van der Waals surface area contributed by atoms with Gasteiger partial charge in [-0.25, -0.2) is 19.0 Å². The maximum absolute atomic E-state index is 12.6. The number of aliphatic hydroxyl groups excluding tert-OH is 1. The van der Waals surface area contributed by atoms with Crippen LogP contribution >= 0.6 is 23.2 Å². The van der Waals surface area contributed by atoms with Crippen LogP contribution in [0.5, 0.6) is 5.75 Å². The predicted molar refractivity (Wildman–Crippen MR) is 187 cm³/mol. The van der Waals surface area contributed by atoms with E-state index in [2.05, 4.69) is 32.0 Å². The lowest BCUT2D eigenvalue weighted by Crippen LogP contribution is -2.46. The summed E-state index contributed by atoms with van der Waals surface area (Å²) in [5.41, 5.74) is 3.49. The first-order valence-corrected chi connectivity index (χ1v) is 17.0. The average Bonchev–Trinajstić information content (AvgIpc) is 3.88. The standard InChI is InChI=1S/C35H37Cl2N7O5/c36-26-2-11-32(33(37)20-26)35(23-40-14-12-38-24-40)48-22-31(49-35)21-47-30-9-7-28(8-10-30)42-17-15-41(16-18-42)27-3-5-29(6-4-27)43-25-39-44(34(43)46)13-1-19-45/h2-12,14,20,24-25,31,45H,1,13,15-19,21-23H2/t31-,35-/m1/s1. The number of aromatic nitrogens is 5. The number of nitrogens with zero attached hydrogens (tertiary/aromatic N) is 7. The number of benzene rings is 3. The van der Waals surface area contributed by atoms with Gasteiger partial charge < -0.3 is 33.7 Å². The molecule has 2 aliphatic rings. The van der Waals surface area contributed by atoms with Gasteiger partial charge in [0.25, 0.3) is 0 Å². The van der Waals surface area contributed by atoms with Crippen molar-refractivity contribution in [1.82, 2.24) is 23.9 Å². The SMILES string of the molecule is O=c1n(-c2ccc(N3CCN(c4ccc(OC[C@@H]5CO[C@@](Cn6ccnc6)(c6ccc(Cl)cc6Cl)O5)cc4)CC3)cc2)cnn1CCCO. The van der Waals surface area contributed by atoms with Crippen molar-refractivity contribution in [3.63, 3.8) is 0 Å². The Morgan fingerprint density at radius 2 is 1.61 bits per heavy atom. The largest absolute Gasteiger partial charge is 0.491 e. The van der Waals surface area contributed by atoms with Crippen LogP contribution < -0.4 is 20.2 Å². The van der Waals surface area contributed by atoms with E-state index < -0.39 is 5.79 Å². The molecule has 4 heterocycles. The zero-order chi connectivity index (χ0) is 33.8. The van der Waals surface area contributed by atoms with E-state index in [4.69, 9.17) is 42.5 Å². The monoisotopic (exact) mass is 705 g/mol. The molecule has 12 nitrogen and oxygen atoms in total. The zero-order valence-corrected chi connectivity index (χ0v) is 28.3. The first kappa shape index (κ1) is 33.2. The number of anilines is 2. The summed E-state index contributed by atoms with van der Waals surface area (Å²) in [6.45, 7) is 4.92. The molecule has 0 amide bonds. The Labute approximate surface area is 293 Å². The lowest BCUT2D eigenvalue weighted by molar-refractivity contribution is -0.189. The van der Waals surface area contributed by atoms with Crippen LogP contribution in [0.1, 0.15) is 12.0 Å². The summed E-state index contributed by atoms with van der Waals surface area (Å²) >= 11 is 12.8. The van der Waals surface area contributed by atoms with Crippen LogP contribution in [-0.4, -0.2) is 81.1 Å². The summed E-state index contributed by atoms with van der Waals surface area (Å²) in [6.07, 6.45) is 6.98. The minimum Gasteiger partial charge on any atom is -0.491 e. The summed E-state index contributed by atoms with van der Waals surface area (Å²) in [5, 5.41) is 14.2. The van der Waals surface area contributed by atoms with Crippen LogP contribution in [0.2, 0.25) is 10.0 Å². The summed E-state index contributed by atoms with van der Waals surface area (Å²) in [7, 11) is 0. The van der Waals surface area contributed by atoms with Crippen molar-refractivity contribution in [3.8, 4) is 11.4 Å². The lowest BCUT2D eigenvalue weighted by atomic mass is 10.1. The van der Waals surface area contributed by atoms with Gasteiger partial charge in [0.2, 0.25) is 5.79 Å². The third-order valence-electron chi connectivity index (χ3n) is 8.82. The van der Waals surface area contributed by atoms with Gasteiger partial charge in [-0.2, -0.15) is 5.10 Å². The third kappa shape index (κ3) is 7.34. The minimum absolute atomic E-state index is 0.0203. The van der Waals surface area contributed by atoms with E-state index in [1.54, 1.807) is 24.7 Å². The minimum atomic E-state index is -1.10. The molecule has 5 aromatic rings. The van der Waals surface area contributed by atoms with Crippen LogP contribution in [0, 0.1) is 0 Å². The number of aliphatic hydroxyl groups is 1. The lowest BCUT2D eigenvalue weighted by Gasteiger charge is -2.37. The van der Waals surface area contributed by atoms with Gasteiger partial charge in [-0.3, -0.25) is 0 Å². The number of halogens is 2. The predicted octanol–water partition coefficient (Wildman–Crippen LogP) is 4.59. The number of hydrogen-bond donors (Lipinski definition) is 1. The molecule has 0 bridgehead atoms. The molecule has 3 aromatic carbocycles. The average molecular weight is 707 g/mol. The molecule has 0 saturated carbocycles. The van der Waals surface area contributed by atoms with E-state index in [-0.39, 0.29) is 18.4 Å². The number of aryl methyl sites for hydroxylation is 1. The van der Waals surface area contributed by atoms with Gasteiger partial charge in [0.05, 0.1) is 30.2 Å². The molecule has 14 heteroatoms. The molecule has 7 rings (SSSR count). The van der Waals surface area contributed by atoms with Crippen molar-refractivity contribution < 1.29 is 19.3 Å². The normalized spacial score (nSPS) is 19.4. The van der Waals surface area contributed by atoms with Gasteiger partial charge in [-0.1, -0.05) is 29.3 Å². The van der Waals surface area contributed by atoms with Gasteiger partial charge in [-0.05, 0) is 67.1 Å². The van der Waals surface area contributed by atoms with Crippen molar-refractivity contribution >= 4 is 34.6 Å². The highest BCUT2D eigenvalue weighted by Gasteiger charge is 2.45. The highest BCUT2D eigenvalue weighted by molar-refractivity contribution is 6.35. The molecule has 0 radical (unpaired) electrons. The van der Waals surface area contributed by atoms with Crippen molar-refractivity contribution in [2.75, 3.05) is 55.8 Å². The Balaban J connectivity index is 0.919. The summed E-state index contributed by atoms with van der Waals surface area (Å²) in [6, 6.07) is 21.4. The van der Waals surface area contributed by atoms with Crippen LogP contribution in [0.15, 0.2) is 96.6 Å². The molecule has 256 valence electrons. The number of rotatable bonds is 12. The van der Waals surface area contributed by atoms with Gasteiger partial charge in [0, 0.05) is 73.7 Å². The molecule has 0 aliphatic carbocycles. The van der Waals surface area contributed by atoms with E-state index in [9.17, 15) is 4.79 Å². The van der Waals surface area contributed by atoms with Crippen LogP contribution in [0.25, 0.3) is 5.69 Å². The Hall–Kier alpha value is -4.33. The Morgan fingerprint density at radius 3 is 2.27 bits per heavy atom. The fraction of sp³-hybridized carbons (Fsp3) is 0.343. The van der Waals surface area contributed by atoms with Crippen LogP contribution in [-0.2, 0) is 28.4 Å². The van der Waals surface area contributed by atoms with E-state index in [1.165, 1.54) is 15.6 Å². The molecule has 49 heavy (non-hydrogen) atoms. The number of piperazine rings is 1. The number of ether oxygens (including phenoxy) is 3. The van der Waals surface area contributed by atoms with E-state index in [1.807, 2.05) is 53.2 Å². The third-order valence-corrected chi connectivity index (χ3v) is 9.37. The van der Waals surface area contributed by atoms with Gasteiger partial charge in [0.15, 0.2) is 0 Å². The van der Waals surface area contributed by atoms with Crippen molar-refractivity contribution in [3.05, 3.63) is 118 Å². The van der Waals surface area contributed by atoms with Gasteiger partial charge in [0.1, 0.15) is 24.8 Å². The summed E-state index contributed by atoms with van der Waals surface area (Å²) in [5.74, 6) is -0.351. The molecule has 1 N–H and O–H groups in total. The van der Waals surface area contributed by atoms with Crippen LogP contribution in [0.3, 0.4) is 0 Å². The summed E-state index contributed by atoms with van der Waals surface area (Å²) < 4.78 is 23.7. The fourth-order valence-corrected chi connectivity index (χ4v) is 6.81. The molecular weight excluding hydrogens is 669 g/mol. The van der Waals surface area contributed by atoms with Gasteiger partial charge >= 0.3 is 5.69 Å². The van der Waals surface area contributed by atoms with Crippen molar-refractivity contribution in [2.24, 2.45) is 0 Å². The Bertz CT molecular complexity index is 1890. The number of imidazole rings is 1. The highest BCUT2D eigenvalue weighted by Crippen LogP contribution is 2.40. The first-order valence-electron chi connectivity index (χ1n) is 16.2. The molecular formula is C35H37Cl2N7O5. The Morgan fingerprint density at radius 1 is 0.918 bits per heavy atom. The molecule has 2 atom stereocenters. The topological polar surface area (TPSA) is 112 Å². The van der Waals surface area contributed by atoms with E-state index in [0.717, 1.165) is 49.0 Å². The van der Waals surface area contributed by atoms with Crippen LogP contribution in [0.4, 0.5) is 11.4 Å².